The summed E-state index contributed by atoms with van der Waals surface area (Å²) in [6.45, 7) is 3.54. The molecule has 0 spiro atoms. The van der Waals surface area contributed by atoms with E-state index < -0.39 is 0 Å². The molecule has 0 amide bonds. The molecule has 2 rings (SSSR count). The second-order valence-electron chi connectivity index (χ2n) is 4.74. The molecule has 0 saturated carbocycles. The monoisotopic (exact) mass is 259 g/mol. The molecule has 1 heterocycles. The molecule has 0 fully saturated rings. The first-order valence-corrected chi connectivity index (χ1v) is 6.59. The van der Waals surface area contributed by atoms with Crippen molar-refractivity contribution in [1.29, 1.82) is 0 Å². The van der Waals surface area contributed by atoms with Crippen LogP contribution in [0.3, 0.4) is 0 Å². The summed E-state index contributed by atoms with van der Waals surface area (Å²) in [6, 6.07) is 8.51. The van der Waals surface area contributed by atoms with Crippen LogP contribution in [0, 0.1) is 0 Å². The van der Waals surface area contributed by atoms with Gasteiger partial charge in [-0.15, -0.1) is 0 Å². The Labute approximate surface area is 114 Å². The molecule has 1 aromatic carbocycles. The van der Waals surface area contributed by atoms with Crippen molar-refractivity contribution in [2.45, 2.75) is 26.4 Å². The highest BCUT2D eigenvalue weighted by Gasteiger charge is 2.02. The molecule has 0 aliphatic carbocycles. The number of anilines is 1. The molecular formula is C15H21N3O. The first kappa shape index (κ1) is 13.6. The van der Waals surface area contributed by atoms with E-state index >= 15 is 0 Å². The lowest BCUT2D eigenvalue weighted by molar-refractivity contribution is 0.439. The number of nitrogens with one attached hydrogen (secondary N) is 1. The van der Waals surface area contributed by atoms with E-state index in [4.69, 9.17) is 4.42 Å². The molecular weight excluding hydrogens is 238 g/mol. The Morgan fingerprint density at radius 1 is 1.16 bits per heavy atom. The number of hydrogen-bond acceptors (Lipinski definition) is 4. The van der Waals surface area contributed by atoms with Crippen molar-refractivity contribution < 1.29 is 4.42 Å². The van der Waals surface area contributed by atoms with Crippen molar-refractivity contribution in [3.8, 4) is 0 Å². The molecule has 0 saturated heterocycles. The van der Waals surface area contributed by atoms with Crippen LogP contribution in [0.1, 0.15) is 24.1 Å². The molecule has 0 aliphatic rings. The molecule has 102 valence electrons. The van der Waals surface area contributed by atoms with E-state index in [2.05, 4.69) is 46.4 Å². The van der Waals surface area contributed by atoms with Crippen LogP contribution in [-0.4, -0.2) is 19.1 Å². The maximum absolute atomic E-state index is 5.54. The van der Waals surface area contributed by atoms with Gasteiger partial charge in [0.2, 0.25) is 5.89 Å². The topological polar surface area (TPSA) is 41.3 Å². The Hall–Kier alpha value is -1.81. The Balaban J connectivity index is 1.82. The zero-order chi connectivity index (χ0) is 13.7. The predicted octanol–water partition coefficient (Wildman–Crippen LogP) is 2.59. The van der Waals surface area contributed by atoms with Gasteiger partial charge in [0.1, 0.15) is 5.76 Å². The van der Waals surface area contributed by atoms with Gasteiger partial charge in [-0.2, -0.15) is 0 Å². The normalized spacial score (nSPS) is 10.7. The number of rotatable bonds is 6. The van der Waals surface area contributed by atoms with Crippen molar-refractivity contribution >= 4 is 5.69 Å². The van der Waals surface area contributed by atoms with E-state index in [-0.39, 0.29) is 0 Å². The zero-order valence-corrected chi connectivity index (χ0v) is 11.8. The number of benzene rings is 1. The highest BCUT2D eigenvalue weighted by atomic mass is 16.4. The molecule has 0 radical (unpaired) electrons. The summed E-state index contributed by atoms with van der Waals surface area (Å²) in [6.07, 6.45) is 2.68. The molecule has 2 aromatic rings. The number of aromatic nitrogens is 1. The van der Waals surface area contributed by atoms with Gasteiger partial charge in [0.05, 0.1) is 12.7 Å². The maximum Gasteiger partial charge on any atom is 0.208 e. The Kier molecular flexibility index (Phi) is 4.58. The van der Waals surface area contributed by atoms with Gasteiger partial charge in [-0.3, -0.25) is 0 Å². The van der Waals surface area contributed by atoms with Gasteiger partial charge < -0.3 is 14.6 Å². The molecule has 0 atom stereocenters. The molecule has 0 aliphatic heterocycles. The van der Waals surface area contributed by atoms with Gasteiger partial charge in [0.15, 0.2) is 0 Å². The molecule has 4 heteroatoms. The molecule has 0 unspecified atom stereocenters. The van der Waals surface area contributed by atoms with Crippen LogP contribution in [-0.2, 0) is 19.5 Å². The average Bonchev–Trinajstić information content (AvgIpc) is 2.87. The fourth-order valence-corrected chi connectivity index (χ4v) is 1.82. The third-order valence-electron chi connectivity index (χ3n) is 3.01. The summed E-state index contributed by atoms with van der Waals surface area (Å²) in [5.74, 6) is 1.69. The molecule has 4 nitrogen and oxygen atoms in total. The minimum atomic E-state index is 0.662. The highest BCUT2D eigenvalue weighted by molar-refractivity contribution is 5.45. The average molecular weight is 259 g/mol. The van der Waals surface area contributed by atoms with Gasteiger partial charge >= 0.3 is 0 Å². The zero-order valence-electron chi connectivity index (χ0n) is 11.8. The van der Waals surface area contributed by atoms with Crippen molar-refractivity contribution in [2.75, 3.05) is 19.0 Å². The van der Waals surface area contributed by atoms with Gasteiger partial charge in [0, 0.05) is 32.7 Å². The lowest BCUT2D eigenvalue weighted by atomic mass is 10.2. The first-order valence-electron chi connectivity index (χ1n) is 6.59. The summed E-state index contributed by atoms with van der Waals surface area (Å²) in [4.78, 5) is 6.31. The first-order chi connectivity index (χ1) is 9.19. The number of hydrogen-bond donors (Lipinski definition) is 1. The minimum absolute atomic E-state index is 0.662. The Morgan fingerprint density at radius 2 is 1.89 bits per heavy atom. The molecule has 1 aromatic heterocycles. The van der Waals surface area contributed by atoms with Gasteiger partial charge in [0.25, 0.3) is 0 Å². The van der Waals surface area contributed by atoms with Crippen LogP contribution in [0.5, 0.6) is 0 Å². The summed E-state index contributed by atoms with van der Waals surface area (Å²) < 4.78 is 5.54. The lowest BCUT2D eigenvalue weighted by Gasteiger charge is -2.12. The van der Waals surface area contributed by atoms with Crippen LogP contribution in [0.4, 0.5) is 5.69 Å². The van der Waals surface area contributed by atoms with Crippen LogP contribution in [0.15, 0.2) is 34.9 Å². The lowest BCUT2D eigenvalue weighted by Crippen LogP contribution is -2.13. The summed E-state index contributed by atoms with van der Waals surface area (Å²) in [5.41, 5.74) is 2.47. The van der Waals surface area contributed by atoms with E-state index in [1.165, 1.54) is 11.3 Å². The third kappa shape index (κ3) is 3.83. The Morgan fingerprint density at radius 3 is 2.47 bits per heavy atom. The summed E-state index contributed by atoms with van der Waals surface area (Å²) >= 11 is 0. The van der Waals surface area contributed by atoms with Crippen LogP contribution >= 0.6 is 0 Å². The molecule has 19 heavy (non-hydrogen) atoms. The number of oxazole rings is 1. The number of nitrogens with zero attached hydrogens (tertiary/aromatic N) is 2. The minimum Gasteiger partial charge on any atom is -0.444 e. The largest absolute Gasteiger partial charge is 0.444 e. The quantitative estimate of drug-likeness (QED) is 0.865. The van der Waals surface area contributed by atoms with E-state index in [1.54, 1.807) is 6.20 Å². The fraction of sp³-hybridized carbons (Fsp3) is 0.400. The van der Waals surface area contributed by atoms with Gasteiger partial charge in [-0.05, 0) is 17.7 Å². The summed E-state index contributed by atoms with van der Waals surface area (Å²) in [7, 11) is 4.09. The SMILES string of the molecule is CCc1cnc(CNCc2ccc(N(C)C)cc2)o1. The summed E-state index contributed by atoms with van der Waals surface area (Å²) in [5, 5.41) is 3.33. The van der Waals surface area contributed by atoms with Crippen LogP contribution < -0.4 is 10.2 Å². The van der Waals surface area contributed by atoms with Gasteiger partial charge in [-0.25, -0.2) is 4.98 Å². The van der Waals surface area contributed by atoms with Crippen molar-refractivity contribution in [3.05, 3.63) is 47.7 Å². The van der Waals surface area contributed by atoms with Crippen molar-refractivity contribution in [3.63, 3.8) is 0 Å². The second-order valence-corrected chi connectivity index (χ2v) is 4.74. The van der Waals surface area contributed by atoms with Crippen molar-refractivity contribution in [2.24, 2.45) is 0 Å². The van der Waals surface area contributed by atoms with E-state index in [0.717, 1.165) is 24.6 Å². The van der Waals surface area contributed by atoms with Crippen molar-refractivity contribution in [1.82, 2.24) is 10.3 Å². The van der Waals surface area contributed by atoms with E-state index in [0.29, 0.717) is 6.54 Å². The maximum atomic E-state index is 5.54. The predicted molar refractivity (Wildman–Crippen MR) is 77.2 cm³/mol. The fourth-order valence-electron chi connectivity index (χ4n) is 1.82. The highest BCUT2D eigenvalue weighted by Crippen LogP contribution is 2.12. The molecule has 0 bridgehead atoms. The standard InChI is InChI=1S/C15H21N3O/c1-4-14-10-17-15(19-14)11-16-9-12-5-7-13(8-6-12)18(2)3/h5-8,10,16H,4,9,11H2,1-3H3. The number of aryl methyl sites for hydroxylation is 1. The van der Waals surface area contributed by atoms with Crippen LogP contribution in [0.25, 0.3) is 0 Å². The van der Waals surface area contributed by atoms with Gasteiger partial charge in [-0.1, -0.05) is 19.1 Å². The van der Waals surface area contributed by atoms with E-state index in [9.17, 15) is 0 Å². The smallest absolute Gasteiger partial charge is 0.208 e. The van der Waals surface area contributed by atoms with Crippen LogP contribution in [0.2, 0.25) is 0 Å². The van der Waals surface area contributed by atoms with E-state index in [1.807, 2.05) is 14.1 Å². The second kappa shape index (κ2) is 6.38. The Bertz CT molecular complexity index is 502. The molecule has 1 N–H and O–H groups in total. The third-order valence-corrected chi connectivity index (χ3v) is 3.01.